The first-order chi connectivity index (χ1) is 9.87. The van der Waals surface area contributed by atoms with Crippen molar-refractivity contribution in [2.75, 3.05) is 13.7 Å². The molecule has 0 amide bonds. The van der Waals surface area contributed by atoms with Gasteiger partial charge in [-0.15, -0.1) is 0 Å². The van der Waals surface area contributed by atoms with Crippen molar-refractivity contribution < 1.29 is 9.84 Å². The summed E-state index contributed by atoms with van der Waals surface area (Å²) in [4.78, 5) is 0. The molecule has 2 rings (SSSR count). The third-order valence-corrected chi connectivity index (χ3v) is 4.11. The first-order valence-corrected chi connectivity index (χ1v) is 7.26. The van der Waals surface area contributed by atoms with Gasteiger partial charge < -0.3 is 9.84 Å². The van der Waals surface area contributed by atoms with E-state index < -0.39 is 5.60 Å². The van der Waals surface area contributed by atoms with Gasteiger partial charge in [0.05, 0.1) is 30.1 Å². The van der Waals surface area contributed by atoms with Crippen molar-refractivity contribution in [3.8, 4) is 0 Å². The van der Waals surface area contributed by atoms with E-state index in [0.717, 1.165) is 11.1 Å². The van der Waals surface area contributed by atoms with Crippen molar-refractivity contribution in [3.63, 3.8) is 0 Å². The highest BCUT2D eigenvalue weighted by Gasteiger charge is 2.32. The fourth-order valence-electron chi connectivity index (χ4n) is 2.37. The van der Waals surface area contributed by atoms with Crippen LogP contribution in [0.4, 0.5) is 0 Å². The van der Waals surface area contributed by atoms with Crippen LogP contribution in [0.2, 0.25) is 5.02 Å². The molecule has 0 saturated heterocycles. The maximum Gasteiger partial charge on any atom is 0.130 e. The lowest BCUT2D eigenvalue weighted by atomic mass is 9.90. The first kappa shape index (κ1) is 16.0. The number of aromatic nitrogens is 2. The Morgan fingerprint density at radius 2 is 2.05 bits per heavy atom. The Balaban J connectivity index is 2.47. The van der Waals surface area contributed by atoms with E-state index in [9.17, 15) is 5.11 Å². The van der Waals surface area contributed by atoms with Crippen LogP contribution in [-0.2, 0) is 16.9 Å². The summed E-state index contributed by atoms with van der Waals surface area (Å²) in [5, 5.41) is 15.7. The summed E-state index contributed by atoms with van der Waals surface area (Å²) in [5.74, 6) is 0. The van der Waals surface area contributed by atoms with Crippen molar-refractivity contribution in [2.24, 2.45) is 0 Å². The van der Waals surface area contributed by atoms with E-state index >= 15 is 0 Å². The van der Waals surface area contributed by atoms with E-state index in [2.05, 4.69) is 5.10 Å². The molecule has 0 fully saturated rings. The zero-order chi connectivity index (χ0) is 15.6. The van der Waals surface area contributed by atoms with Crippen LogP contribution in [0, 0.1) is 13.8 Å². The summed E-state index contributed by atoms with van der Waals surface area (Å²) in [6.07, 6.45) is 1.56. The van der Waals surface area contributed by atoms with Gasteiger partial charge in [0.15, 0.2) is 0 Å². The Bertz CT molecular complexity index is 635. The summed E-state index contributed by atoms with van der Waals surface area (Å²) in [5.41, 5.74) is 2.50. The van der Waals surface area contributed by atoms with Crippen LogP contribution in [0.1, 0.15) is 29.3 Å². The Kier molecular flexibility index (Phi) is 4.71. The number of ether oxygens (including phenoxy) is 1. The van der Waals surface area contributed by atoms with Crippen LogP contribution >= 0.6 is 11.6 Å². The second-order valence-electron chi connectivity index (χ2n) is 5.43. The van der Waals surface area contributed by atoms with Crippen LogP contribution in [0.3, 0.4) is 0 Å². The van der Waals surface area contributed by atoms with E-state index in [-0.39, 0.29) is 0 Å². The molecule has 0 aliphatic rings. The number of hydrogen-bond donors (Lipinski definition) is 1. The molecule has 1 N–H and O–H groups in total. The van der Waals surface area contributed by atoms with Gasteiger partial charge in [0.25, 0.3) is 0 Å². The van der Waals surface area contributed by atoms with Crippen LogP contribution in [0.5, 0.6) is 0 Å². The van der Waals surface area contributed by atoms with Crippen LogP contribution in [-0.4, -0.2) is 28.6 Å². The molecule has 1 unspecified atom stereocenters. The van der Waals surface area contributed by atoms with Crippen LogP contribution in [0.15, 0.2) is 24.4 Å². The van der Waals surface area contributed by atoms with E-state index in [1.54, 1.807) is 24.9 Å². The van der Waals surface area contributed by atoms with Crippen molar-refractivity contribution in [2.45, 2.75) is 32.9 Å². The maximum absolute atomic E-state index is 11.0. The predicted octanol–water partition coefficient (Wildman–Crippen LogP) is 3.06. The number of aryl methyl sites for hydroxylation is 2. The van der Waals surface area contributed by atoms with Crippen LogP contribution in [0.25, 0.3) is 0 Å². The SMILES string of the molecule is COCCn1ncc(Cl)c1C(C)(O)c1ccc(C)c(C)c1. The molecule has 0 aliphatic carbocycles. The van der Waals surface area contributed by atoms with E-state index in [0.29, 0.717) is 23.9 Å². The van der Waals surface area contributed by atoms with Crippen molar-refractivity contribution in [3.05, 3.63) is 51.8 Å². The summed E-state index contributed by atoms with van der Waals surface area (Å²) >= 11 is 6.25. The number of nitrogens with zero attached hydrogens (tertiary/aromatic N) is 2. The number of aliphatic hydroxyl groups is 1. The molecule has 2 aromatic rings. The summed E-state index contributed by atoms with van der Waals surface area (Å²) < 4.78 is 6.77. The number of rotatable bonds is 5. The summed E-state index contributed by atoms with van der Waals surface area (Å²) in [6.45, 7) is 6.86. The fraction of sp³-hybridized carbons (Fsp3) is 0.438. The number of hydrogen-bond acceptors (Lipinski definition) is 3. The molecular weight excluding hydrogens is 288 g/mol. The van der Waals surface area contributed by atoms with Gasteiger partial charge in [-0.1, -0.05) is 29.8 Å². The molecule has 1 atom stereocenters. The first-order valence-electron chi connectivity index (χ1n) is 6.88. The summed E-state index contributed by atoms with van der Waals surface area (Å²) in [7, 11) is 1.63. The number of methoxy groups -OCH3 is 1. The Morgan fingerprint density at radius 1 is 1.33 bits per heavy atom. The van der Waals surface area contributed by atoms with Gasteiger partial charge in [-0.3, -0.25) is 4.68 Å². The van der Waals surface area contributed by atoms with Crippen molar-refractivity contribution in [1.82, 2.24) is 9.78 Å². The molecule has 0 bridgehead atoms. The number of halogens is 1. The normalized spacial score (nSPS) is 14.2. The monoisotopic (exact) mass is 308 g/mol. The zero-order valence-electron chi connectivity index (χ0n) is 12.9. The van der Waals surface area contributed by atoms with Crippen molar-refractivity contribution in [1.29, 1.82) is 0 Å². The van der Waals surface area contributed by atoms with Gasteiger partial charge >= 0.3 is 0 Å². The maximum atomic E-state index is 11.0. The molecule has 1 aromatic carbocycles. The third-order valence-electron chi connectivity index (χ3n) is 3.83. The Morgan fingerprint density at radius 3 is 2.67 bits per heavy atom. The third kappa shape index (κ3) is 3.12. The molecule has 1 heterocycles. The minimum absolute atomic E-state index is 0.453. The molecule has 4 nitrogen and oxygen atoms in total. The van der Waals surface area contributed by atoms with Gasteiger partial charge in [0, 0.05) is 7.11 Å². The minimum atomic E-state index is -1.21. The molecular formula is C16H21ClN2O2. The largest absolute Gasteiger partial charge is 0.383 e. The average Bonchev–Trinajstić information content (AvgIpc) is 2.81. The second-order valence-corrected chi connectivity index (χ2v) is 5.84. The lowest BCUT2D eigenvalue weighted by Crippen LogP contribution is -2.28. The van der Waals surface area contributed by atoms with Gasteiger partial charge in [-0.05, 0) is 37.5 Å². The highest BCUT2D eigenvalue weighted by Crippen LogP contribution is 2.34. The fourth-order valence-corrected chi connectivity index (χ4v) is 2.70. The Hall–Kier alpha value is -1.36. The van der Waals surface area contributed by atoms with Crippen molar-refractivity contribution >= 4 is 11.6 Å². The van der Waals surface area contributed by atoms with Gasteiger partial charge in [0.1, 0.15) is 5.60 Å². The lowest BCUT2D eigenvalue weighted by Gasteiger charge is -2.26. The molecule has 21 heavy (non-hydrogen) atoms. The van der Waals surface area contributed by atoms with Gasteiger partial charge in [-0.25, -0.2) is 0 Å². The molecule has 0 spiro atoms. The minimum Gasteiger partial charge on any atom is -0.383 e. The van der Waals surface area contributed by atoms with E-state index in [1.807, 2.05) is 32.0 Å². The predicted molar refractivity (Wildman–Crippen MR) is 83.7 cm³/mol. The highest BCUT2D eigenvalue weighted by atomic mass is 35.5. The molecule has 0 saturated carbocycles. The molecule has 5 heteroatoms. The molecule has 0 radical (unpaired) electrons. The zero-order valence-corrected chi connectivity index (χ0v) is 13.6. The molecule has 1 aromatic heterocycles. The Labute approximate surface area is 130 Å². The van der Waals surface area contributed by atoms with Gasteiger partial charge in [-0.2, -0.15) is 5.10 Å². The highest BCUT2D eigenvalue weighted by molar-refractivity contribution is 6.31. The van der Waals surface area contributed by atoms with E-state index in [1.165, 1.54) is 5.56 Å². The number of benzene rings is 1. The standard InChI is InChI=1S/C16H21ClN2O2/c1-11-5-6-13(9-12(11)2)16(3,20)15-14(17)10-18-19(15)7-8-21-4/h5-6,9-10,20H,7-8H2,1-4H3. The second kappa shape index (κ2) is 6.18. The lowest BCUT2D eigenvalue weighted by molar-refractivity contribution is 0.0883. The quantitative estimate of drug-likeness (QED) is 0.923. The molecule has 114 valence electrons. The topological polar surface area (TPSA) is 47.3 Å². The van der Waals surface area contributed by atoms with Gasteiger partial charge in [0.2, 0.25) is 0 Å². The molecule has 0 aliphatic heterocycles. The van der Waals surface area contributed by atoms with Crippen LogP contribution < -0.4 is 0 Å². The smallest absolute Gasteiger partial charge is 0.130 e. The average molecular weight is 309 g/mol. The summed E-state index contributed by atoms with van der Waals surface area (Å²) in [6, 6.07) is 5.91. The van der Waals surface area contributed by atoms with E-state index in [4.69, 9.17) is 16.3 Å².